The predicted molar refractivity (Wildman–Crippen MR) is 81.0 cm³/mol. The highest BCUT2D eigenvalue weighted by molar-refractivity contribution is 4.77. The van der Waals surface area contributed by atoms with Gasteiger partial charge in [0.15, 0.2) is 0 Å². The van der Waals surface area contributed by atoms with Crippen molar-refractivity contribution >= 4 is 0 Å². The van der Waals surface area contributed by atoms with Crippen LogP contribution in [0.4, 0.5) is 0 Å². The van der Waals surface area contributed by atoms with Crippen molar-refractivity contribution in [3.8, 4) is 0 Å². The van der Waals surface area contributed by atoms with Gasteiger partial charge in [0.05, 0.1) is 0 Å². The molecule has 0 aliphatic carbocycles. The predicted octanol–water partition coefficient (Wildman–Crippen LogP) is 3.66. The molecule has 0 aromatic carbocycles. The Balaban J connectivity index is 2.33. The topological polar surface area (TPSA) is 15.3 Å². The van der Waals surface area contributed by atoms with Crippen LogP contribution in [0.1, 0.15) is 66.7 Å². The van der Waals surface area contributed by atoms with E-state index in [0.717, 1.165) is 12.0 Å². The molecule has 0 aromatic heterocycles. The van der Waals surface area contributed by atoms with E-state index < -0.39 is 0 Å². The molecule has 18 heavy (non-hydrogen) atoms. The molecule has 1 aliphatic rings. The second-order valence-electron chi connectivity index (χ2n) is 6.76. The molecular formula is C16H34N2. The molecule has 1 saturated heterocycles. The zero-order chi connectivity index (χ0) is 13.5. The van der Waals surface area contributed by atoms with E-state index in [1.165, 1.54) is 45.2 Å². The Bertz CT molecular complexity index is 203. The lowest BCUT2D eigenvalue weighted by molar-refractivity contribution is 0.162. The fraction of sp³-hybridized carbons (Fsp3) is 1.00. The molecule has 1 aliphatic heterocycles. The summed E-state index contributed by atoms with van der Waals surface area (Å²) >= 11 is 0. The van der Waals surface area contributed by atoms with Crippen LogP contribution in [0.25, 0.3) is 0 Å². The van der Waals surface area contributed by atoms with Gasteiger partial charge in [-0.1, -0.05) is 26.7 Å². The Morgan fingerprint density at radius 2 is 1.56 bits per heavy atom. The lowest BCUT2D eigenvalue weighted by atomic mass is 10.0. The highest BCUT2D eigenvalue weighted by atomic mass is 15.2. The molecule has 2 heteroatoms. The first-order chi connectivity index (χ1) is 8.49. The van der Waals surface area contributed by atoms with E-state index in [-0.39, 0.29) is 0 Å². The molecule has 1 N–H and O–H groups in total. The van der Waals surface area contributed by atoms with Crippen molar-refractivity contribution in [2.24, 2.45) is 5.92 Å². The van der Waals surface area contributed by atoms with Crippen molar-refractivity contribution < 1.29 is 0 Å². The minimum atomic E-state index is 0.672. The van der Waals surface area contributed by atoms with Crippen molar-refractivity contribution in [3.05, 3.63) is 0 Å². The maximum Gasteiger partial charge on any atom is 0.00669 e. The lowest BCUT2D eigenvalue weighted by Crippen LogP contribution is -2.45. The lowest BCUT2D eigenvalue weighted by Gasteiger charge is -2.34. The van der Waals surface area contributed by atoms with E-state index in [9.17, 15) is 0 Å². The first-order valence-corrected chi connectivity index (χ1v) is 7.99. The molecule has 3 atom stereocenters. The van der Waals surface area contributed by atoms with Crippen LogP contribution in [0.5, 0.6) is 0 Å². The van der Waals surface area contributed by atoms with Crippen molar-refractivity contribution in [3.63, 3.8) is 0 Å². The van der Waals surface area contributed by atoms with Gasteiger partial charge in [0.1, 0.15) is 0 Å². The highest BCUT2D eigenvalue weighted by Gasteiger charge is 2.19. The van der Waals surface area contributed by atoms with E-state index in [1.807, 2.05) is 0 Å². The zero-order valence-corrected chi connectivity index (χ0v) is 13.2. The first-order valence-electron chi connectivity index (χ1n) is 7.99. The molecule has 1 fully saturated rings. The van der Waals surface area contributed by atoms with Gasteiger partial charge in [0.25, 0.3) is 0 Å². The number of rotatable bonds is 5. The molecule has 3 unspecified atom stereocenters. The van der Waals surface area contributed by atoms with Crippen LogP contribution in [0, 0.1) is 5.92 Å². The van der Waals surface area contributed by atoms with Crippen LogP contribution in [-0.4, -0.2) is 36.1 Å². The zero-order valence-electron chi connectivity index (χ0n) is 13.2. The normalized spacial score (nSPS) is 29.0. The molecule has 0 saturated carbocycles. The summed E-state index contributed by atoms with van der Waals surface area (Å²) in [5.41, 5.74) is 0. The maximum absolute atomic E-state index is 3.67. The number of nitrogens with one attached hydrogen (secondary N) is 1. The minimum Gasteiger partial charge on any atom is -0.312 e. The smallest absolute Gasteiger partial charge is 0.00669 e. The average Bonchev–Trinajstić information content (AvgIpc) is 2.25. The summed E-state index contributed by atoms with van der Waals surface area (Å²) in [6.07, 6.45) is 6.72. The Kier molecular flexibility index (Phi) is 7.25. The molecule has 0 radical (unpaired) electrons. The van der Waals surface area contributed by atoms with Gasteiger partial charge in [-0.2, -0.15) is 0 Å². The van der Waals surface area contributed by atoms with Crippen molar-refractivity contribution in [1.82, 2.24) is 10.2 Å². The maximum atomic E-state index is 3.67. The minimum absolute atomic E-state index is 0.672. The average molecular weight is 254 g/mol. The van der Waals surface area contributed by atoms with Crippen LogP contribution in [0.3, 0.4) is 0 Å². The molecule has 1 rings (SSSR count). The molecule has 1 heterocycles. The number of hydrogen-bond donors (Lipinski definition) is 1. The Morgan fingerprint density at radius 1 is 1.00 bits per heavy atom. The molecular weight excluding hydrogens is 220 g/mol. The quantitative estimate of drug-likeness (QED) is 0.805. The van der Waals surface area contributed by atoms with Gasteiger partial charge < -0.3 is 10.2 Å². The Labute approximate surface area is 115 Å². The summed E-state index contributed by atoms with van der Waals surface area (Å²) in [4.78, 5) is 2.72. The van der Waals surface area contributed by atoms with Crippen LogP contribution in [0.15, 0.2) is 0 Å². The Hall–Kier alpha value is -0.0800. The highest BCUT2D eigenvalue weighted by Crippen LogP contribution is 2.15. The SMILES string of the molecule is CC(C)CCCC(C)N1CCC(C)NC(C)CC1. The van der Waals surface area contributed by atoms with E-state index in [1.54, 1.807) is 0 Å². The molecule has 0 bridgehead atoms. The van der Waals surface area contributed by atoms with Gasteiger partial charge >= 0.3 is 0 Å². The van der Waals surface area contributed by atoms with Crippen LogP contribution in [-0.2, 0) is 0 Å². The van der Waals surface area contributed by atoms with E-state index in [0.29, 0.717) is 12.1 Å². The van der Waals surface area contributed by atoms with Crippen molar-refractivity contribution in [2.45, 2.75) is 84.8 Å². The van der Waals surface area contributed by atoms with Crippen LogP contribution < -0.4 is 5.32 Å². The van der Waals surface area contributed by atoms with Crippen molar-refractivity contribution in [2.75, 3.05) is 13.1 Å². The van der Waals surface area contributed by atoms with E-state index in [4.69, 9.17) is 0 Å². The monoisotopic (exact) mass is 254 g/mol. The van der Waals surface area contributed by atoms with Gasteiger partial charge in [-0.05, 0) is 59.0 Å². The first kappa shape index (κ1) is 16.0. The standard InChI is InChI=1S/C16H34N2/c1-13(2)7-6-8-16(5)18-11-9-14(3)17-15(4)10-12-18/h13-17H,6-12H2,1-5H3. The number of nitrogens with zero attached hydrogens (tertiary/aromatic N) is 1. The molecule has 0 aromatic rings. The van der Waals surface area contributed by atoms with Gasteiger partial charge in [-0.3, -0.25) is 0 Å². The third-order valence-corrected chi connectivity index (χ3v) is 4.29. The summed E-state index contributed by atoms with van der Waals surface area (Å²) in [6.45, 7) is 14.3. The molecule has 0 spiro atoms. The van der Waals surface area contributed by atoms with Crippen molar-refractivity contribution in [1.29, 1.82) is 0 Å². The summed E-state index contributed by atoms with van der Waals surface area (Å²) in [7, 11) is 0. The van der Waals surface area contributed by atoms with E-state index in [2.05, 4.69) is 44.8 Å². The summed E-state index contributed by atoms with van der Waals surface area (Å²) in [6, 6.07) is 2.11. The van der Waals surface area contributed by atoms with Gasteiger partial charge in [0, 0.05) is 18.1 Å². The summed E-state index contributed by atoms with van der Waals surface area (Å²) in [5, 5.41) is 3.67. The third-order valence-electron chi connectivity index (χ3n) is 4.29. The Morgan fingerprint density at radius 3 is 2.06 bits per heavy atom. The molecule has 0 amide bonds. The fourth-order valence-corrected chi connectivity index (χ4v) is 2.93. The summed E-state index contributed by atoms with van der Waals surface area (Å²) in [5.74, 6) is 0.855. The fourth-order valence-electron chi connectivity index (χ4n) is 2.93. The second kappa shape index (κ2) is 8.16. The number of hydrogen-bond acceptors (Lipinski definition) is 2. The van der Waals surface area contributed by atoms with Gasteiger partial charge in [-0.15, -0.1) is 0 Å². The van der Waals surface area contributed by atoms with Crippen LogP contribution in [0.2, 0.25) is 0 Å². The van der Waals surface area contributed by atoms with Gasteiger partial charge in [-0.25, -0.2) is 0 Å². The van der Waals surface area contributed by atoms with E-state index >= 15 is 0 Å². The van der Waals surface area contributed by atoms with Gasteiger partial charge in [0.2, 0.25) is 0 Å². The summed E-state index contributed by atoms with van der Waals surface area (Å²) < 4.78 is 0. The molecule has 108 valence electrons. The largest absolute Gasteiger partial charge is 0.312 e. The third kappa shape index (κ3) is 6.19. The van der Waals surface area contributed by atoms with Crippen LogP contribution >= 0.6 is 0 Å². The second-order valence-corrected chi connectivity index (χ2v) is 6.76. The molecule has 2 nitrogen and oxygen atoms in total.